The van der Waals surface area contributed by atoms with Crippen LogP contribution in [0.1, 0.15) is 36.5 Å². The van der Waals surface area contributed by atoms with Gasteiger partial charge >= 0.3 is 0 Å². The van der Waals surface area contributed by atoms with Crippen molar-refractivity contribution >= 4 is 11.4 Å². The van der Waals surface area contributed by atoms with Gasteiger partial charge in [-0.25, -0.2) is 0 Å². The molecule has 3 aliphatic rings. The number of ether oxygens (including phenoxy) is 3. The molecule has 0 aromatic heterocycles. The molecule has 0 unspecified atom stereocenters. The van der Waals surface area contributed by atoms with Gasteiger partial charge in [-0.05, 0) is 62.4 Å². The fraction of sp³-hybridized carbons (Fsp3) is 0.550. The van der Waals surface area contributed by atoms with E-state index in [1.54, 1.807) is 14.2 Å². The Morgan fingerprint density at radius 2 is 1.79 bits per heavy atom. The molecule has 2 heterocycles. The number of rotatable bonds is 3. The molecule has 0 spiro atoms. The lowest BCUT2D eigenvalue weighted by atomic mass is 9.68. The summed E-state index contributed by atoms with van der Waals surface area (Å²) in [6.45, 7) is 6.19. The van der Waals surface area contributed by atoms with E-state index in [1.165, 1.54) is 0 Å². The third kappa shape index (κ3) is 1.75. The highest BCUT2D eigenvalue weighted by Gasteiger charge is 2.67. The number of benzene rings is 1. The minimum Gasteiger partial charge on any atom is -0.500 e. The largest absolute Gasteiger partial charge is 0.500 e. The van der Waals surface area contributed by atoms with E-state index in [1.807, 2.05) is 26.0 Å². The Hall–Kier alpha value is -1.81. The highest BCUT2D eigenvalue weighted by atomic mass is 16.5. The number of aryl methyl sites for hydroxylation is 2. The van der Waals surface area contributed by atoms with Crippen molar-refractivity contribution in [1.29, 1.82) is 0 Å². The molecular weight excluding hydrogens is 304 g/mol. The Morgan fingerprint density at radius 1 is 1.12 bits per heavy atom. The van der Waals surface area contributed by atoms with Crippen LogP contribution in [-0.2, 0) is 14.3 Å². The number of methoxy groups -OCH3 is 2. The van der Waals surface area contributed by atoms with Crippen LogP contribution in [-0.4, -0.2) is 32.2 Å². The second kappa shape index (κ2) is 5.09. The van der Waals surface area contributed by atoms with Crippen LogP contribution in [0.5, 0.6) is 5.75 Å². The first-order chi connectivity index (χ1) is 11.4. The van der Waals surface area contributed by atoms with Gasteiger partial charge in [-0.2, -0.15) is 0 Å². The number of hydrogen-bond donors (Lipinski definition) is 0. The van der Waals surface area contributed by atoms with E-state index in [0.717, 1.165) is 46.6 Å². The Morgan fingerprint density at radius 3 is 2.38 bits per heavy atom. The summed E-state index contributed by atoms with van der Waals surface area (Å²) < 4.78 is 17.3. The average Bonchev–Trinajstić information content (AvgIpc) is 3.17. The molecule has 2 aliphatic heterocycles. The van der Waals surface area contributed by atoms with Crippen molar-refractivity contribution in [3.05, 3.63) is 34.6 Å². The molecule has 0 N–H and O–H groups in total. The van der Waals surface area contributed by atoms with Gasteiger partial charge < -0.3 is 14.2 Å². The first kappa shape index (κ1) is 15.7. The molecule has 24 heavy (non-hydrogen) atoms. The van der Waals surface area contributed by atoms with Crippen LogP contribution in [0, 0.1) is 25.2 Å². The van der Waals surface area contributed by atoms with Gasteiger partial charge in [0.1, 0.15) is 11.5 Å². The minimum atomic E-state index is -0.330. The van der Waals surface area contributed by atoms with Gasteiger partial charge in [-0.1, -0.05) is 0 Å². The third-order valence-electron chi connectivity index (χ3n) is 6.18. The molecule has 2 saturated heterocycles. The fourth-order valence-corrected chi connectivity index (χ4v) is 5.20. The predicted molar refractivity (Wildman–Crippen MR) is 90.9 cm³/mol. The van der Waals surface area contributed by atoms with Gasteiger partial charge in [0.25, 0.3) is 0 Å². The van der Waals surface area contributed by atoms with E-state index in [4.69, 9.17) is 14.2 Å². The summed E-state index contributed by atoms with van der Waals surface area (Å²) >= 11 is 0. The van der Waals surface area contributed by atoms with E-state index in [2.05, 4.69) is 6.92 Å². The number of Topliss-reactive ketones (excluding diaryl/α,β-unsaturated/α-hetero) is 1. The SMILES string of the molecule is COC1=C(c2c(C)cc(OC)cc2C)C(=O)[C@H]2[C@@H]3CC[C@@H](O3)[C@@]12C. The summed E-state index contributed by atoms with van der Waals surface area (Å²) in [4.78, 5) is 13.4. The first-order valence-corrected chi connectivity index (χ1v) is 8.57. The Labute approximate surface area is 142 Å². The van der Waals surface area contributed by atoms with Crippen molar-refractivity contribution in [3.8, 4) is 5.75 Å². The predicted octanol–water partition coefficient (Wildman–Crippen LogP) is 3.44. The zero-order valence-electron chi connectivity index (χ0n) is 14.9. The monoisotopic (exact) mass is 328 g/mol. The number of carbonyl (C=O) groups excluding carboxylic acids is 1. The van der Waals surface area contributed by atoms with Crippen LogP contribution in [0.25, 0.3) is 5.57 Å². The molecule has 0 radical (unpaired) electrons. The summed E-state index contributed by atoms with van der Waals surface area (Å²) in [5, 5.41) is 0. The smallest absolute Gasteiger partial charge is 0.173 e. The van der Waals surface area contributed by atoms with E-state index in [0.29, 0.717) is 0 Å². The molecule has 2 bridgehead atoms. The Balaban J connectivity index is 1.93. The van der Waals surface area contributed by atoms with Crippen LogP contribution in [0.2, 0.25) is 0 Å². The quantitative estimate of drug-likeness (QED) is 0.853. The van der Waals surface area contributed by atoms with Gasteiger partial charge in [0.15, 0.2) is 5.78 Å². The molecule has 4 rings (SSSR count). The fourth-order valence-electron chi connectivity index (χ4n) is 5.20. The van der Waals surface area contributed by atoms with Crippen LogP contribution < -0.4 is 4.74 Å². The van der Waals surface area contributed by atoms with Crippen molar-refractivity contribution < 1.29 is 19.0 Å². The summed E-state index contributed by atoms with van der Waals surface area (Å²) in [7, 11) is 3.34. The van der Waals surface area contributed by atoms with Gasteiger partial charge in [0.05, 0.1) is 43.3 Å². The number of hydrogen-bond acceptors (Lipinski definition) is 4. The molecule has 4 heteroatoms. The van der Waals surface area contributed by atoms with Gasteiger partial charge in [0.2, 0.25) is 0 Å². The molecule has 4 nitrogen and oxygen atoms in total. The second-order valence-electron chi connectivity index (χ2n) is 7.41. The summed E-state index contributed by atoms with van der Waals surface area (Å²) in [6.07, 6.45) is 2.10. The summed E-state index contributed by atoms with van der Waals surface area (Å²) in [5.41, 5.74) is 3.50. The molecular formula is C20H24O4. The first-order valence-electron chi connectivity index (χ1n) is 8.57. The van der Waals surface area contributed by atoms with Gasteiger partial charge in [0, 0.05) is 0 Å². The molecule has 2 fully saturated rings. The average molecular weight is 328 g/mol. The van der Waals surface area contributed by atoms with Crippen molar-refractivity contribution in [3.63, 3.8) is 0 Å². The van der Waals surface area contributed by atoms with Crippen LogP contribution >= 0.6 is 0 Å². The van der Waals surface area contributed by atoms with Crippen LogP contribution in [0.4, 0.5) is 0 Å². The molecule has 0 saturated carbocycles. The molecule has 1 aromatic rings. The molecule has 0 amide bonds. The third-order valence-corrected chi connectivity index (χ3v) is 6.18. The van der Waals surface area contributed by atoms with Crippen molar-refractivity contribution in [1.82, 2.24) is 0 Å². The zero-order chi connectivity index (χ0) is 17.2. The van der Waals surface area contributed by atoms with E-state index in [9.17, 15) is 4.79 Å². The minimum absolute atomic E-state index is 0.0361. The maximum atomic E-state index is 13.4. The van der Waals surface area contributed by atoms with Crippen LogP contribution in [0.15, 0.2) is 17.9 Å². The van der Waals surface area contributed by atoms with E-state index in [-0.39, 0.29) is 29.3 Å². The van der Waals surface area contributed by atoms with E-state index >= 15 is 0 Å². The van der Waals surface area contributed by atoms with E-state index < -0.39 is 0 Å². The topological polar surface area (TPSA) is 44.8 Å². The lowest BCUT2D eigenvalue weighted by Crippen LogP contribution is -2.39. The lowest BCUT2D eigenvalue weighted by molar-refractivity contribution is -0.119. The molecule has 1 aliphatic carbocycles. The number of fused-ring (bicyclic) bond motifs is 5. The van der Waals surface area contributed by atoms with Crippen molar-refractivity contribution in [2.24, 2.45) is 11.3 Å². The number of ketones is 1. The standard InChI is InChI=1S/C20H24O4/c1-10-8-12(22-4)9-11(2)15(10)16-18(21)17-13-6-7-14(24-13)20(17,3)19(16)23-5/h8-9,13-14,17H,6-7H2,1-5H3/t13-,14+,17+,20+/m0/s1. The maximum Gasteiger partial charge on any atom is 0.173 e. The van der Waals surface area contributed by atoms with Gasteiger partial charge in [-0.3, -0.25) is 4.79 Å². The number of allylic oxidation sites excluding steroid dienone is 1. The zero-order valence-corrected chi connectivity index (χ0v) is 14.9. The summed E-state index contributed by atoms with van der Waals surface area (Å²) in [5.74, 6) is 1.69. The second-order valence-corrected chi connectivity index (χ2v) is 7.41. The number of carbonyl (C=O) groups is 1. The Bertz CT molecular complexity index is 740. The normalized spacial score (nSPS) is 34.0. The van der Waals surface area contributed by atoms with Crippen molar-refractivity contribution in [2.75, 3.05) is 14.2 Å². The lowest BCUT2D eigenvalue weighted by Gasteiger charge is -2.33. The highest BCUT2D eigenvalue weighted by molar-refractivity contribution is 6.26. The van der Waals surface area contributed by atoms with Gasteiger partial charge in [-0.15, -0.1) is 0 Å². The Kier molecular flexibility index (Phi) is 3.33. The maximum absolute atomic E-state index is 13.4. The van der Waals surface area contributed by atoms with Crippen LogP contribution in [0.3, 0.4) is 0 Å². The molecule has 1 aromatic carbocycles. The molecule has 128 valence electrons. The van der Waals surface area contributed by atoms with Crippen molar-refractivity contribution in [2.45, 2.75) is 45.8 Å². The summed E-state index contributed by atoms with van der Waals surface area (Å²) in [6, 6.07) is 3.97. The highest BCUT2D eigenvalue weighted by Crippen LogP contribution is 2.62. The molecule has 4 atom stereocenters.